The molecule has 2 aliphatic rings. The Morgan fingerprint density at radius 2 is 2.00 bits per heavy atom. The van der Waals surface area contributed by atoms with Gasteiger partial charge in [0.05, 0.1) is 19.1 Å². The maximum atomic E-state index is 12.3. The van der Waals surface area contributed by atoms with Gasteiger partial charge in [0.2, 0.25) is 11.8 Å². The number of aliphatic hydroxyl groups is 1. The second-order valence-corrected chi connectivity index (χ2v) is 6.62. The van der Waals surface area contributed by atoms with Crippen molar-refractivity contribution in [3.05, 3.63) is 0 Å². The van der Waals surface area contributed by atoms with Crippen molar-refractivity contribution in [1.82, 2.24) is 10.2 Å². The highest BCUT2D eigenvalue weighted by molar-refractivity contribution is 5.79. The standard InChI is InChI=1S/C15H27N3O3/c16-13(20)9-18-7-3-4-12(8-18)14(21)17-10-15(11-19)5-1-2-6-15/h12,19H,1-11H2,(H2,16,20)(H,17,21). The number of likely N-dealkylation sites (tertiary alicyclic amines) is 1. The first-order valence-corrected chi connectivity index (χ1v) is 7.94. The van der Waals surface area contributed by atoms with Crippen LogP contribution in [0.25, 0.3) is 0 Å². The Morgan fingerprint density at radius 1 is 1.29 bits per heavy atom. The first kappa shape index (κ1) is 16.2. The van der Waals surface area contributed by atoms with Gasteiger partial charge in [-0.3, -0.25) is 14.5 Å². The fourth-order valence-electron chi connectivity index (χ4n) is 3.57. The molecule has 120 valence electrons. The Kier molecular flexibility index (Phi) is 5.58. The largest absolute Gasteiger partial charge is 0.396 e. The number of hydrogen-bond donors (Lipinski definition) is 3. The number of piperidine rings is 1. The molecule has 0 aromatic heterocycles. The summed E-state index contributed by atoms with van der Waals surface area (Å²) >= 11 is 0. The SMILES string of the molecule is NC(=O)CN1CCCC(C(=O)NCC2(CO)CCCC2)C1. The molecular weight excluding hydrogens is 270 g/mol. The van der Waals surface area contributed by atoms with Crippen LogP contribution in [0.1, 0.15) is 38.5 Å². The molecule has 1 aliphatic carbocycles. The Morgan fingerprint density at radius 3 is 2.62 bits per heavy atom. The molecule has 1 heterocycles. The summed E-state index contributed by atoms with van der Waals surface area (Å²) in [5.41, 5.74) is 5.10. The van der Waals surface area contributed by atoms with Gasteiger partial charge in [0.15, 0.2) is 0 Å². The number of carbonyl (C=O) groups excluding carboxylic acids is 2. The topological polar surface area (TPSA) is 95.7 Å². The fraction of sp³-hybridized carbons (Fsp3) is 0.867. The van der Waals surface area contributed by atoms with Crippen molar-refractivity contribution in [3.63, 3.8) is 0 Å². The van der Waals surface area contributed by atoms with E-state index in [1.54, 1.807) is 0 Å². The molecule has 0 spiro atoms. The predicted molar refractivity (Wildman–Crippen MR) is 79.4 cm³/mol. The molecule has 0 aromatic rings. The van der Waals surface area contributed by atoms with E-state index in [0.717, 1.165) is 45.1 Å². The van der Waals surface area contributed by atoms with Gasteiger partial charge in [0.25, 0.3) is 0 Å². The van der Waals surface area contributed by atoms with E-state index in [1.807, 2.05) is 4.90 Å². The van der Waals surface area contributed by atoms with Crippen LogP contribution < -0.4 is 11.1 Å². The molecule has 6 nitrogen and oxygen atoms in total. The summed E-state index contributed by atoms with van der Waals surface area (Å²) in [5, 5.41) is 12.6. The summed E-state index contributed by atoms with van der Waals surface area (Å²) in [6.07, 6.45) is 6.01. The van der Waals surface area contributed by atoms with Crippen LogP contribution in [-0.2, 0) is 9.59 Å². The van der Waals surface area contributed by atoms with Crippen molar-refractivity contribution >= 4 is 11.8 Å². The smallest absolute Gasteiger partial charge is 0.231 e. The van der Waals surface area contributed by atoms with Crippen LogP contribution >= 0.6 is 0 Å². The molecule has 2 fully saturated rings. The molecule has 1 saturated carbocycles. The molecular formula is C15H27N3O3. The predicted octanol–water partition coefficient (Wildman–Crippen LogP) is -0.147. The van der Waals surface area contributed by atoms with Crippen molar-refractivity contribution in [3.8, 4) is 0 Å². The van der Waals surface area contributed by atoms with Gasteiger partial charge in [-0.15, -0.1) is 0 Å². The maximum absolute atomic E-state index is 12.3. The van der Waals surface area contributed by atoms with Crippen molar-refractivity contribution in [2.24, 2.45) is 17.1 Å². The lowest BCUT2D eigenvalue weighted by atomic mass is 9.87. The summed E-state index contributed by atoms with van der Waals surface area (Å²) < 4.78 is 0. The Labute approximate surface area is 126 Å². The minimum Gasteiger partial charge on any atom is -0.396 e. The Bertz CT molecular complexity index is 380. The zero-order valence-electron chi connectivity index (χ0n) is 12.6. The lowest BCUT2D eigenvalue weighted by Gasteiger charge is -2.32. The van der Waals surface area contributed by atoms with E-state index in [-0.39, 0.29) is 36.3 Å². The number of hydrogen-bond acceptors (Lipinski definition) is 4. The van der Waals surface area contributed by atoms with Gasteiger partial charge in [-0.25, -0.2) is 0 Å². The van der Waals surface area contributed by atoms with Gasteiger partial charge < -0.3 is 16.2 Å². The monoisotopic (exact) mass is 297 g/mol. The highest BCUT2D eigenvalue weighted by Gasteiger charge is 2.34. The summed E-state index contributed by atoms with van der Waals surface area (Å²) in [7, 11) is 0. The number of primary amides is 1. The zero-order chi connectivity index (χ0) is 15.3. The molecule has 1 unspecified atom stereocenters. The molecule has 1 atom stereocenters. The second-order valence-electron chi connectivity index (χ2n) is 6.62. The highest BCUT2D eigenvalue weighted by Crippen LogP contribution is 2.37. The van der Waals surface area contributed by atoms with Gasteiger partial charge in [0.1, 0.15) is 0 Å². The molecule has 0 radical (unpaired) electrons. The van der Waals surface area contributed by atoms with Gasteiger partial charge in [0, 0.05) is 18.5 Å². The van der Waals surface area contributed by atoms with Crippen LogP contribution in [0.2, 0.25) is 0 Å². The third-order valence-electron chi connectivity index (χ3n) is 4.89. The first-order chi connectivity index (χ1) is 10.0. The van der Waals surface area contributed by atoms with Crippen molar-refractivity contribution in [2.45, 2.75) is 38.5 Å². The Balaban J connectivity index is 1.81. The number of aliphatic hydroxyl groups excluding tert-OH is 1. The van der Waals surface area contributed by atoms with Crippen LogP contribution in [0.3, 0.4) is 0 Å². The molecule has 21 heavy (non-hydrogen) atoms. The minimum atomic E-state index is -0.346. The van der Waals surface area contributed by atoms with Crippen molar-refractivity contribution in [2.75, 3.05) is 32.8 Å². The second kappa shape index (κ2) is 7.22. The average molecular weight is 297 g/mol. The van der Waals surface area contributed by atoms with E-state index in [0.29, 0.717) is 13.1 Å². The van der Waals surface area contributed by atoms with Gasteiger partial charge in [-0.2, -0.15) is 0 Å². The van der Waals surface area contributed by atoms with Gasteiger partial charge in [-0.05, 0) is 32.2 Å². The van der Waals surface area contributed by atoms with Crippen LogP contribution in [0, 0.1) is 11.3 Å². The van der Waals surface area contributed by atoms with E-state index in [4.69, 9.17) is 5.73 Å². The third-order valence-corrected chi connectivity index (χ3v) is 4.89. The quantitative estimate of drug-likeness (QED) is 0.635. The Hall–Kier alpha value is -1.14. The van der Waals surface area contributed by atoms with Crippen LogP contribution in [0.4, 0.5) is 0 Å². The molecule has 6 heteroatoms. The normalized spacial score (nSPS) is 25.7. The lowest BCUT2D eigenvalue weighted by Crippen LogP contribution is -2.47. The minimum absolute atomic E-state index is 0.0453. The van der Waals surface area contributed by atoms with E-state index in [1.165, 1.54) is 0 Å². The molecule has 1 saturated heterocycles. The number of carbonyl (C=O) groups is 2. The van der Waals surface area contributed by atoms with Gasteiger partial charge >= 0.3 is 0 Å². The van der Waals surface area contributed by atoms with Gasteiger partial charge in [-0.1, -0.05) is 12.8 Å². The summed E-state index contributed by atoms with van der Waals surface area (Å²) in [6.45, 7) is 2.36. The summed E-state index contributed by atoms with van der Waals surface area (Å²) in [5.74, 6) is -0.375. The number of nitrogens with two attached hydrogens (primary N) is 1. The summed E-state index contributed by atoms with van der Waals surface area (Å²) in [6, 6.07) is 0. The maximum Gasteiger partial charge on any atom is 0.231 e. The fourth-order valence-corrected chi connectivity index (χ4v) is 3.57. The van der Waals surface area contributed by atoms with Crippen molar-refractivity contribution in [1.29, 1.82) is 0 Å². The molecule has 0 aromatic carbocycles. The average Bonchev–Trinajstić information content (AvgIpc) is 2.94. The summed E-state index contributed by atoms with van der Waals surface area (Å²) in [4.78, 5) is 25.2. The lowest BCUT2D eigenvalue weighted by molar-refractivity contribution is -0.128. The van der Waals surface area contributed by atoms with Crippen LogP contribution in [-0.4, -0.2) is 54.6 Å². The molecule has 1 aliphatic heterocycles. The highest BCUT2D eigenvalue weighted by atomic mass is 16.3. The van der Waals surface area contributed by atoms with Crippen LogP contribution in [0.5, 0.6) is 0 Å². The number of nitrogens with zero attached hydrogens (tertiary/aromatic N) is 1. The van der Waals surface area contributed by atoms with Crippen molar-refractivity contribution < 1.29 is 14.7 Å². The number of amides is 2. The van der Waals surface area contributed by atoms with E-state index in [2.05, 4.69) is 5.32 Å². The number of nitrogens with one attached hydrogen (secondary N) is 1. The van der Waals surface area contributed by atoms with E-state index < -0.39 is 0 Å². The third kappa shape index (κ3) is 4.41. The molecule has 0 bridgehead atoms. The zero-order valence-corrected chi connectivity index (χ0v) is 12.6. The molecule has 2 amide bonds. The van der Waals surface area contributed by atoms with E-state index in [9.17, 15) is 14.7 Å². The van der Waals surface area contributed by atoms with E-state index >= 15 is 0 Å². The molecule has 2 rings (SSSR count). The first-order valence-electron chi connectivity index (χ1n) is 7.94. The molecule has 4 N–H and O–H groups in total. The number of rotatable bonds is 6. The van der Waals surface area contributed by atoms with Crippen LogP contribution in [0.15, 0.2) is 0 Å².